The quantitative estimate of drug-likeness (QED) is 0.746. The number of aryl methyl sites for hydroxylation is 1. The second-order valence-electron chi connectivity index (χ2n) is 4.83. The SMILES string of the molecule is Cc1cc(C(=O)OCCN(C)C)ccc1N(C)C. The highest BCUT2D eigenvalue weighted by atomic mass is 16.5. The predicted molar refractivity (Wildman–Crippen MR) is 74.3 cm³/mol. The molecule has 0 saturated carbocycles. The number of likely N-dealkylation sites (N-methyl/N-ethyl adjacent to an activating group) is 1. The Morgan fingerprint density at radius 2 is 1.89 bits per heavy atom. The summed E-state index contributed by atoms with van der Waals surface area (Å²) in [5, 5.41) is 0. The number of benzene rings is 1. The van der Waals surface area contributed by atoms with Crippen LogP contribution in [0.5, 0.6) is 0 Å². The normalized spacial score (nSPS) is 10.6. The molecule has 0 spiro atoms. The molecule has 18 heavy (non-hydrogen) atoms. The van der Waals surface area contributed by atoms with Crippen molar-refractivity contribution in [2.24, 2.45) is 0 Å². The van der Waals surface area contributed by atoms with E-state index >= 15 is 0 Å². The average Bonchev–Trinajstić information content (AvgIpc) is 2.27. The Balaban J connectivity index is 2.67. The summed E-state index contributed by atoms with van der Waals surface area (Å²) in [6.45, 7) is 3.15. The van der Waals surface area contributed by atoms with Gasteiger partial charge in [-0.15, -0.1) is 0 Å². The van der Waals surface area contributed by atoms with E-state index in [0.717, 1.165) is 17.8 Å². The number of ether oxygens (including phenoxy) is 1. The van der Waals surface area contributed by atoms with Gasteiger partial charge in [0.1, 0.15) is 6.61 Å². The third-order valence-electron chi connectivity index (χ3n) is 2.69. The molecule has 0 N–H and O–H groups in total. The van der Waals surface area contributed by atoms with Crippen molar-refractivity contribution in [3.05, 3.63) is 29.3 Å². The van der Waals surface area contributed by atoms with Gasteiger partial charge in [-0.2, -0.15) is 0 Å². The van der Waals surface area contributed by atoms with Crippen LogP contribution >= 0.6 is 0 Å². The van der Waals surface area contributed by atoms with Crippen LogP contribution in [0, 0.1) is 6.92 Å². The van der Waals surface area contributed by atoms with Gasteiger partial charge in [0.2, 0.25) is 0 Å². The Morgan fingerprint density at radius 1 is 1.22 bits per heavy atom. The van der Waals surface area contributed by atoms with Crippen LogP contribution in [0.15, 0.2) is 18.2 Å². The molecule has 1 aromatic carbocycles. The molecule has 1 aromatic rings. The zero-order chi connectivity index (χ0) is 13.7. The summed E-state index contributed by atoms with van der Waals surface area (Å²) in [6.07, 6.45) is 0. The lowest BCUT2D eigenvalue weighted by Crippen LogP contribution is -2.20. The number of carbonyl (C=O) groups is 1. The van der Waals surface area contributed by atoms with Crippen molar-refractivity contribution in [3.8, 4) is 0 Å². The van der Waals surface area contributed by atoms with Gasteiger partial charge in [-0.1, -0.05) is 0 Å². The van der Waals surface area contributed by atoms with E-state index in [1.54, 1.807) is 6.07 Å². The topological polar surface area (TPSA) is 32.8 Å². The molecule has 0 atom stereocenters. The Morgan fingerprint density at radius 3 is 2.39 bits per heavy atom. The molecule has 0 radical (unpaired) electrons. The van der Waals surface area contributed by atoms with E-state index < -0.39 is 0 Å². The summed E-state index contributed by atoms with van der Waals surface area (Å²) in [5.74, 6) is -0.259. The number of anilines is 1. The molecule has 0 aliphatic heterocycles. The Kier molecular flexibility index (Phi) is 5.16. The molecule has 0 aliphatic rings. The van der Waals surface area contributed by atoms with Gasteiger partial charge < -0.3 is 14.5 Å². The summed E-state index contributed by atoms with van der Waals surface area (Å²) in [4.78, 5) is 15.8. The van der Waals surface area contributed by atoms with E-state index in [2.05, 4.69) is 0 Å². The van der Waals surface area contributed by atoms with Crippen LogP contribution in [0.25, 0.3) is 0 Å². The summed E-state index contributed by atoms with van der Waals surface area (Å²) in [6, 6.07) is 5.62. The number of hydrogen-bond donors (Lipinski definition) is 0. The van der Waals surface area contributed by atoms with Gasteiger partial charge in [0.25, 0.3) is 0 Å². The first-order chi connectivity index (χ1) is 8.41. The van der Waals surface area contributed by atoms with Gasteiger partial charge in [0.15, 0.2) is 0 Å². The second-order valence-corrected chi connectivity index (χ2v) is 4.83. The zero-order valence-electron chi connectivity index (χ0n) is 11.9. The maximum absolute atomic E-state index is 11.8. The van der Waals surface area contributed by atoms with Crippen LogP contribution in [0.3, 0.4) is 0 Å². The molecule has 0 fully saturated rings. The van der Waals surface area contributed by atoms with Crippen LogP contribution in [-0.4, -0.2) is 52.2 Å². The molecule has 0 heterocycles. The fraction of sp³-hybridized carbons (Fsp3) is 0.500. The average molecular weight is 250 g/mol. The predicted octanol–water partition coefficient (Wildman–Crippen LogP) is 1.78. The lowest BCUT2D eigenvalue weighted by Gasteiger charge is -2.16. The Bertz CT molecular complexity index is 414. The van der Waals surface area contributed by atoms with Crippen molar-refractivity contribution in [3.63, 3.8) is 0 Å². The van der Waals surface area contributed by atoms with Crippen LogP contribution in [0.1, 0.15) is 15.9 Å². The number of hydrogen-bond acceptors (Lipinski definition) is 4. The van der Waals surface area contributed by atoms with Crippen molar-refractivity contribution < 1.29 is 9.53 Å². The van der Waals surface area contributed by atoms with E-state index in [-0.39, 0.29) is 5.97 Å². The van der Waals surface area contributed by atoms with Crippen molar-refractivity contribution >= 4 is 11.7 Å². The minimum Gasteiger partial charge on any atom is -0.461 e. The Hall–Kier alpha value is -1.55. The van der Waals surface area contributed by atoms with Gasteiger partial charge in [0, 0.05) is 26.3 Å². The van der Waals surface area contributed by atoms with Gasteiger partial charge in [-0.05, 0) is 44.8 Å². The number of esters is 1. The number of nitrogens with zero attached hydrogens (tertiary/aromatic N) is 2. The highest BCUT2D eigenvalue weighted by molar-refractivity contribution is 5.90. The van der Waals surface area contributed by atoms with E-state index in [9.17, 15) is 4.79 Å². The smallest absolute Gasteiger partial charge is 0.338 e. The van der Waals surface area contributed by atoms with Crippen molar-refractivity contribution in [2.45, 2.75) is 6.92 Å². The molecule has 0 unspecified atom stereocenters. The maximum atomic E-state index is 11.8. The van der Waals surface area contributed by atoms with Crippen molar-refractivity contribution in [1.29, 1.82) is 0 Å². The third-order valence-corrected chi connectivity index (χ3v) is 2.69. The van der Waals surface area contributed by atoms with Crippen molar-refractivity contribution in [2.75, 3.05) is 46.2 Å². The van der Waals surface area contributed by atoms with Crippen LogP contribution < -0.4 is 4.90 Å². The molecule has 0 saturated heterocycles. The molecule has 0 amide bonds. The molecular formula is C14H22N2O2. The largest absolute Gasteiger partial charge is 0.461 e. The second kappa shape index (κ2) is 6.40. The zero-order valence-corrected chi connectivity index (χ0v) is 11.9. The minimum absolute atomic E-state index is 0.259. The van der Waals surface area contributed by atoms with Crippen molar-refractivity contribution in [1.82, 2.24) is 4.90 Å². The first kappa shape index (κ1) is 14.5. The van der Waals surface area contributed by atoms with Gasteiger partial charge >= 0.3 is 5.97 Å². The molecule has 0 aromatic heterocycles. The molecule has 0 bridgehead atoms. The van der Waals surface area contributed by atoms with Gasteiger partial charge in [-0.25, -0.2) is 4.79 Å². The highest BCUT2D eigenvalue weighted by Crippen LogP contribution is 2.19. The fourth-order valence-corrected chi connectivity index (χ4v) is 1.69. The molecule has 4 heteroatoms. The molecule has 1 rings (SSSR count). The van der Waals surface area contributed by atoms with E-state index in [0.29, 0.717) is 12.2 Å². The molecule has 0 aliphatic carbocycles. The van der Waals surface area contributed by atoms with Crippen LogP contribution in [-0.2, 0) is 4.74 Å². The van der Waals surface area contributed by atoms with Gasteiger partial charge in [0.05, 0.1) is 5.56 Å². The van der Waals surface area contributed by atoms with E-state index in [1.165, 1.54) is 0 Å². The van der Waals surface area contributed by atoms with E-state index in [4.69, 9.17) is 4.74 Å². The maximum Gasteiger partial charge on any atom is 0.338 e. The first-order valence-electron chi connectivity index (χ1n) is 6.01. The highest BCUT2D eigenvalue weighted by Gasteiger charge is 2.09. The summed E-state index contributed by atoms with van der Waals surface area (Å²) < 4.78 is 5.20. The summed E-state index contributed by atoms with van der Waals surface area (Å²) in [7, 11) is 7.86. The van der Waals surface area contributed by atoms with Gasteiger partial charge in [-0.3, -0.25) is 0 Å². The van der Waals surface area contributed by atoms with Crippen LogP contribution in [0.2, 0.25) is 0 Å². The summed E-state index contributed by atoms with van der Waals surface area (Å²) >= 11 is 0. The minimum atomic E-state index is -0.259. The standard InChI is InChI=1S/C14H22N2O2/c1-11-10-12(6-7-13(11)16(4)5)14(17)18-9-8-15(2)3/h6-7,10H,8-9H2,1-5H3. The summed E-state index contributed by atoms with van der Waals surface area (Å²) in [5.41, 5.74) is 2.79. The molecule has 100 valence electrons. The molecular weight excluding hydrogens is 228 g/mol. The number of carbonyl (C=O) groups excluding carboxylic acids is 1. The first-order valence-corrected chi connectivity index (χ1v) is 6.01. The number of rotatable bonds is 5. The lowest BCUT2D eigenvalue weighted by molar-refractivity contribution is 0.0482. The third kappa shape index (κ3) is 4.04. The Labute approximate surface area is 109 Å². The fourth-order valence-electron chi connectivity index (χ4n) is 1.69. The lowest BCUT2D eigenvalue weighted by atomic mass is 10.1. The monoisotopic (exact) mass is 250 g/mol. The molecule has 4 nitrogen and oxygen atoms in total. The van der Waals surface area contributed by atoms with E-state index in [1.807, 2.05) is 57.0 Å². The van der Waals surface area contributed by atoms with Crippen LogP contribution in [0.4, 0.5) is 5.69 Å².